The van der Waals surface area contributed by atoms with Crippen molar-refractivity contribution in [2.24, 2.45) is 0 Å². The Balaban J connectivity index is 1.31. The molecule has 0 saturated carbocycles. The molecule has 0 atom stereocenters. The van der Waals surface area contributed by atoms with Crippen LogP contribution in [0.3, 0.4) is 0 Å². The smallest absolute Gasteiger partial charge is 0.254 e. The molecule has 0 spiro atoms. The first kappa shape index (κ1) is 24.2. The van der Waals surface area contributed by atoms with Crippen LogP contribution in [0, 0.1) is 6.92 Å². The van der Waals surface area contributed by atoms with Gasteiger partial charge in [0.15, 0.2) is 5.82 Å². The van der Waals surface area contributed by atoms with Crippen molar-refractivity contribution in [3.05, 3.63) is 71.8 Å². The van der Waals surface area contributed by atoms with Gasteiger partial charge in [-0.25, -0.2) is 0 Å². The van der Waals surface area contributed by atoms with Gasteiger partial charge in [0.2, 0.25) is 5.91 Å². The maximum Gasteiger partial charge on any atom is 0.254 e. The number of benzene rings is 2. The van der Waals surface area contributed by atoms with Gasteiger partial charge in [-0.2, -0.15) is 0 Å². The molecule has 8 nitrogen and oxygen atoms in total. The Morgan fingerprint density at radius 3 is 2.17 bits per heavy atom. The number of hydrogen-bond donors (Lipinski definition) is 0. The van der Waals surface area contributed by atoms with E-state index < -0.39 is 0 Å². The van der Waals surface area contributed by atoms with Crippen molar-refractivity contribution in [3.8, 4) is 17.0 Å². The number of carbonyl (C=O) groups is 2. The van der Waals surface area contributed by atoms with E-state index in [4.69, 9.17) is 4.74 Å². The molecular formula is C27H31N5O3. The van der Waals surface area contributed by atoms with Crippen LogP contribution in [0.15, 0.2) is 60.7 Å². The summed E-state index contributed by atoms with van der Waals surface area (Å²) >= 11 is 0. The third-order valence-corrected chi connectivity index (χ3v) is 6.29. The number of nitrogens with zero attached hydrogens (tertiary/aromatic N) is 5. The number of hydrogen-bond acceptors (Lipinski definition) is 6. The lowest BCUT2D eigenvalue weighted by molar-refractivity contribution is -0.132. The molecule has 1 fully saturated rings. The Bertz CT molecular complexity index is 1140. The molecule has 0 N–H and O–H groups in total. The summed E-state index contributed by atoms with van der Waals surface area (Å²) in [5.74, 6) is 1.44. The van der Waals surface area contributed by atoms with E-state index in [9.17, 15) is 9.59 Å². The van der Waals surface area contributed by atoms with Crippen molar-refractivity contribution >= 4 is 17.6 Å². The molecule has 2 aromatic carbocycles. The SMILES string of the molecule is CCN(CC(=O)N1CCN(c2ccc(-c3ccc(OC)cc3)nn2)CC1)C(=O)c1ccc(C)cc1. The lowest BCUT2D eigenvalue weighted by Gasteiger charge is -2.36. The van der Waals surface area contributed by atoms with Crippen LogP contribution in [0.2, 0.25) is 0 Å². The van der Waals surface area contributed by atoms with E-state index in [1.807, 2.05) is 79.4 Å². The minimum absolute atomic E-state index is 0.0344. The molecule has 2 heterocycles. The number of aryl methyl sites for hydroxylation is 1. The zero-order valence-corrected chi connectivity index (χ0v) is 20.5. The van der Waals surface area contributed by atoms with Crippen molar-refractivity contribution in [1.29, 1.82) is 0 Å². The molecule has 3 aromatic rings. The summed E-state index contributed by atoms with van der Waals surface area (Å²) in [6.07, 6.45) is 0. The number of methoxy groups -OCH3 is 1. The Hall–Kier alpha value is -3.94. The van der Waals surface area contributed by atoms with Crippen LogP contribution in [0.4, 0.5) is 5.82 Å². The van der Waals surface area contributed by atoms with Crippen LogP contribution in [0.25, 0.3) is 11.3 Å². The number of anilines is 1. The van der Waals surface area contributed by atoms with E-state index in [1.54, 1.807) is 12.0 Å². The van der Waals surface area contributed by atoms with Gasteiger partial charge in [0, 0.05) is 43.9 Å². The normalized spacial score (nSPS) is 13.5. The number of amides is 2. The van der Waals surface area contributed by atoms with Gasteiger partial charge in [0.25, 0.3) is 5.91 Å². The molecule has 1 aliphatic rings. The van der Waals surface area contributed by atoms with Crippen molar-refractivity contribution in [1.82, 2.24) is 20.0 Å². The highest BCUT2D eigenvalue weighted by Gasteiger charge is 2.25. The lowest BCUT2D eigenvalue weighted by atomic mass is 10.1. The second-order valence-electron chi connectivity index (χ2n) is 8.56. The van der Waals surface area contributed by atoms with Gasteiger partial charge < -0.3 is 19.4 Å². The van der Waals surface area contributed by atoms with E-state index in [0.717, 1.165) is 28.4 Å². The Kier molecular flexibility index (Phi) is 7.60. The summed E-state index contributed by atoms with van der Waals surface area (Å²) in [5, 5.41) is 8.78. The molecule has 0 aliphatic carbocycles. The average molecular weight is 474 g/mol. The topological polar surface area (TPSA) is 78.9 Å². The molecule has 182 valence electrons. The summed E-state index contributed by atoms with van der Waals surface area (Å²) in [7, 11) is 1.64. The molecule has 0 radical (unpaired) electrons. The average Bonchev–Trinajstić information content (AvgIpc) is 2.92. The number of carbonyl (C=O) groups excluding carboxylic acids is 2. The lowest BCUT2D eigenvalue weighted by Crippen LogP contribution is -2.52. The summed E-state index contributed by atoms with van der Waals surface area (Å²) in [6, 6.07) is 19.1. The number of aromatic nitrogens is 2. The summed E-state index contributed by atoms with van der Waals surface area (Å²) in [6.45, 7) is 6.93. The first-order chi connectivity index (χ1) is 17.0. The highest BCUT2D eigenvalue weighted by molar-refractivity contribution is 5.96. The molecule has 4 rings (SSSR count). The fraction of sp³-hybridized carbons (Fsp3) is 0.333. The van der Waals surface area contributed by atoms with E-state index in [1.165, 1.54) is 0 Å². The number of piperazine rings is 1. The van der Waals surface area contributed by atoms with Gasteiger partial charge in [-0.3, -0.25) is 9.59 Å². The first-order valence-corrected chi connectivity index (χ1v) is 11.9. The van der Waals surface area contributed by atoms with Crippen LogP contribution in [0.1, 0.15) is 22.8 Å². The quantitative estimate of drug-likeness (QED) is 0.524. The van der Waals surface area contributed by atoms with Crippen molar-refractivity contribution in [2.45, 2.75) is 13.8 Å². The Morgan fingerprint density at radius 2 is 1.60 bits per heavy atom. The minimum Gasteiger partial charge on any atom is -0.497 e. The third-order valence-electron chi connectivity index (χ3n) is 6.29. The van der Waals surface area contributed by atoms with Gasteiger partial charge in [0.1, 0.15) is 12.3 Å². The summed E-state index contributed by atoms with van der Waals surface area (Å²) in [5.41, 5.74) is 3.47. The second-order valence-corrected chi connectivity index (χ2v) is 8.56. The number of likely N-dealkylation sites (N-methyl/N-ethyl adjacent to an activating group) is 1. The predicted molar refractivity (Wildman–Crippen MR) is 136 cm³/mol. The van der Waals surface area contributed by atoms with Gasteiger partial charge in [0.05, 0.1) is 12.8 Å². The summed E-state index contributed by atoms with van der Waals surface area (Å²) < 4.78 is 5.20. The molecule has 8 heteroatoms. The molecule has 1 aromatic heterocycles. The zero-order valence-electron chi connectivity index (χ0n) is 20.5. The van der Waals surface area contributed by atoms with Crippen LogP contribution in [0.5, 0.6) is 5.75 Å². The maximum atomic E-state index is 12.9. The van der Waals surface area contributed by atoms with Gasteiger partial charge in [-0.1, -0.05) is 17.7 Å². The molecule has 1 aliphatic heterocycles. The van der Waals surface area contributed by atoms with E-state index in [2.05, 4.69) is 15.1 Å². The molecule has 0 unspecified atom stereocenters. The maximum absolute atomic E-state index is 12.9. The number of rotatable bonds is 7. The van der Waals surface area contributed by atoms with Crippen molar-refractivity contribution < 1.29 is 14.3 Å². The van der Waals surface area contributed by atoms with Crippen LogP contribution in [-0.2, 0) is 4.79 Å². The van der Waals surface area contributed by atoms with Crippen molar-refractivity contribution in [2.75, 3.05) is 51.3 Å². The van der Waals surface area contributed by atoms with Crippen LogP contribution >= 0.6 is 0 Å². The van der Waals surface area contributed by atoms with E-state index >= 15 is 0 Å². The fourth-order valence-electron chi connectivity index (χ4n) is 4.06. The van der Waals surface area contributed by atoms with Gasteiger partial charge in [-0.05, 0) is 62.4 Å². The third kappa shape index (κ3) is 5.77. The van der Waals surface area contributed by atoms with Crippen molar-refractivity contribution in [3.63, 3.8) is 0 Å². The van der Waals surface area contributed by atoms with E-state index in [0.29, 0.717) is 38.3 Å². The summed E-state index contributed by atoms with van der Waals surface area (Å²) in [4.78, 5) is 31.3. The van der Waals surface area contributed by atoms with Gasteiger partial charge >= 0.3 is 0 Å². The van der Waals surface area contributed by atoms with Crippen LogP contribution in [-0.4, -0.2) is 78.2 Å². The molecule has 0 bridgehead atoms. The highest BCUT2D eigenvalue weighted by Crippen LogP contribution is 2.22. The largest absolute Gasteiger partial charge is 0.497 e. The number of ether oxygens (including phenoxy) is 1. The highest BCUT2D eigenvalue weighted by atomic mass is 16.5. The molecule has 35 heavy (non-hydrogen) atoms. The first-order valence-electron chi connectivity index (χ1n) is 11.9. The molecule has 1 saturated heterocycles. The Labute approximate surface area is 206 Å². The van der Waals surface area contributed by atoms with Crippen LogP contribution < -0.4 is 9.64 Å². The second kappa shape index (κ2) is 11.0. The molecular weight excluding hydrogens is 442 g/mol. The fourth-order valence-corrected chi connectivity index (χ4v) is 4.06. The molecule has 2 amide bonds. The predicted octanol–water partition coefficient (Wildman–Crippen LogP) is 3.27. The van der Waals surface area contributed by atoms with Gasteiger partial charge in [-0.15, -0.1) is 10.2 Å². The standard InChI is InChI=1S/C27H31N5O3/c1-4-30(27(34)22-7-5-20(2)6-8-22)19-26(33)32-17-15-31(16-18-32)25-14-13-24(28-29-25)21-9-11-23(35-3)12-10-21/h5-14H,4,15-19H2,1-3H3. The minimum atomic E-state index is -0.119. The monoisotopic (exact) mass is 473 g/mol. The van der Waals surface area contributed by atoms with E-state index in [-0.39, 0.29) is 18.4 Å². The Morgan fingerprint density at radius 1 is 0.914 bits per heavy atom. The zero-order chi connectivity index (χ0) is 24.8.